The number of halogens is 1. The predicted molar refractivity (Wildman–Crippen MR) is 270 cm³/mol. The molecule has 0 saturated heterocycles. The molecule has 78 heavy (non-hydrogen) atoms. The molecule has 25 nitrogen and oxygen atoms in total. The Morgan fingerprint density at radius 2 is 1.50 bits per heavy atom. The molecule has 7 rings (SSSR count). The lowest BCUT2D eigenvalue weighted by Gasteiger charge is -2.31. The summed E-state index contributed by atoms with van der Waals surface area (Å²) in [6.07, 6.45) is 0.643. The third kappa shape index (κ3) is 12.9. The van der Waals surface area contributed by atoms with Crippen LogP contribution >= 0.6 is 0 Å². The smallest absolute Gasteiger partial charge is 0.343 e. The van der Waals surface area contributed by atoms with Crippen molar-refractivity contribution < 1.29 is 81.4 Å². The summed E-state index contributed by atoms with van der Waals surface area (Å²) in [4.78, 5) is 123. The van der Waals surface area contributed by atoms with E-state index in [4.69, 9.17) is 33.4 Å². The van der Waals surface area contributed by atoms with Crippen LogP contribution < -0.4 is 32.1 Å². The van der Waals surface area contributed by atoms with Crippen molar-refractivity contribution in [2.75, 3.05) is 73.2 Å². The van der Waals surface area contributed by atoms with Gasteiger partial charge in [-0.1, -0.05) is 6.92 Å². The highest BCUT2D eigenvalue weighted by Crippen LogP contribution is 2.46. The van der Waals surface area contributed by atoms with E-state index in [-0.39, 0.29) is 82.2 Å². The fourth-order valence-corrected chi connectivity index (χ4v) is 9.59. The van der Waals surface area contributed by atoms with E-state index >= 15 is 4.39 Å². The summed E-state index contributed by atoms with van der Waals surface area (Å²) in [5.41, 5.74) is 0.860. The fraction of sp³-hybridized carbons (Fsp3) is 0.538. The molecule has 3 aromatic rings. The Labute approximate surface area is 446 Å². The van der Waals surface area contributed by atoms with Crippen LogP contribution in [0.1, 0.15) is 85.9 Å². The maximum Gasteiger partial charge on any atom is 0.343 e. The first-order valence-corrected chi connectivity index (χ1v) is 25.6. The molecular weight excluding hydrogens is 1030 g/mol. The Bertz CT molecular complexity index is 2910. The van der Waals surface area contributed by atoms with Crippen LogP contribution in [-0.2, 0) is 92.0 Å². The van der Waals surface area contributed by atoms with E-state index in [1.807, 2.05) is 0 Å². The minimum atomic E-state index is -2.07. The molecule has 1 unspecified atom stereocenters. The Balaban J connectivity index is 0.867. The number of aryl methyl sites for hydroxylation is 1. The van der Waals surface area contributed by atoms with E-state index in [0.29, 0.717) is 83.2 Å². The lowest BCUT2D eigenvalue weighted by atomic mass is 9.81. The van der Waals surface area contributed by atoms with Crippen molar-refractivity contribution in [2.45, 2.75) is 109 Å². The summed E-state index contributed by atoms with van der Waals surface area (Å²) in [7, 11) is 1.57. The van der Waals surface area contributed by atoms with E-state index in [1.165, 1.54) is 24.5 Å². The second-order valence-corrected chi connectivity index (χ2v) is 19.0. The van der Waals surface area contributed by atoms with Crippen LogP contribution in [0.4, 0.5) is 4.39 Å². The van der Waals surface area contributed by atoms with Gasteiger partial charge in [0.2, 0.25) is 29.5 Å². The lowest BCUT2D eigenvalue weighted by Crippen LogP contribution is -2.58. The number of rotatable bonds is 28. The number of fused-ring (bicyclic) bond motifs is 5. The van der Waals surface area contributed by atoms with Gasteiger partial charge in [-0.25, -0.2) is 14.2 Å². The zero-order chi connectivity index (χ0) is 56.4. The largest absolute Gasteiger partial charge is 0.458 e. The first kappa shape index (κ1) is 58.6. The quantitative estimate of drug-likeness (QED) is 0.0155. The van der Waals surface area contributed by atoms with E-state index < -0.39 is 101 Å². The third-order valence-corrected chi connectivity index (χ3v) is 14.0. The highest BCUT2D eigenvalue weighted by Gasteiger charge is 2.46. The number of carbonyl (C=O) groups is 8. The number of ether oxygens (including phenoxy) is 6. The van der Waals surface area contributed by atoms with Crippen LogP contribution in [0.15, 0.2) is 29.1 Å². The van der Waals surface area contributed by atoms with Crippen molar-refractivity contribution in [2.24, 2.45) is 0 Å². The van der Waals surface area contributed by atoms with Crippen LogP contribution in [0.5, 0.6) is 0 Å². The predicted octanol–water partition coefficient (Wildman–Crippen LogP) is -1.02. The second kappa shape index (κ2) is 26.1. The lowest BCUT2D eigenvalue weighted by molar-refractivity contribution is -0.172. The van der Waals surface area contributed by atoms with Gasteiger partial charge < -0.3 is 69.8 Å². The SMILES string of the molecule is CC[C@@]1(O)C(=O)OCc2c1cc1n(c2=O)Cc2c-1nc1cc(F)c(C)c3c1c2[C@@H](NC(=O)[C@H](O)CCOCNC(=O)[C@H](C)NC(=O)[C@H](C)NC(=O)C(CNC(=O)CCOCCOCCOCCOC)N1C(=O)C=CC1=O)CC3. The molecule has 0 saturated carbocycles. The molecule has 7 N–H and O–H groups in total. The molecule has 6 atom stereocenters. The zero-order valence-electron chi connectivity index (χ0n) is 44.0. The number of aromatic nitrogens is 2. The number of amides is 7. The Morgan fingerprint density at radius 1 is 0.846 bits per heavy atom. The van der Waals surface area contributed by atoms with Gasteiger partial charge in [-0.3, -0.25) is 43.3 Å². The van der Waals surface area contributed by atoms with Gasteiger partial charge in [-0.05, 0) is 62.8 Å². The van der Waals surface area contributed by atoms with Crippen LogP contribution in [0.3, 0.4) is 0 Å². The van der Waals surface area contributed by atoms with Crippen LogP contribution in [0.2, 0.25) is 0 Å². The van der Waals surface area contributed by atoms with E-state index in [0.717, 1.165) is 12.2 Å². The standard InChI is InChI=1S/C52H65FN8O17/c1-6-52(72)33-21-37-45-31(24-60(37)50(70)32(33)25-78-51(52)71)44-35(8-7-30-27(2)34(53)22-36(58-45)43(30)44)59-49(69)39(62)11-13-77-26-55-46(66)28(3)56-47(67)29(4)57-48(68)38(61-41(64)9-10-42(61)65)23-54-40(63)12-14-74-17-18-76-20-19-75-16-15-73-5/h9-10,21-22,28-29,35,38-39,62,72H,6-8,11-20,23-26H2,1-5H3,(H,54,63)(H,55,66)(H,56,67)(H,57,68)(H,59,69)/t28-,29-,35-,38?,39+,52-/m0/s1. The van der Waals surface area contributed by atoms with Crippen molar-refractivity contribution in [1.82, 2.24) is 41.0 Å². The first-order valence-electron chi connectivity index (χ1n) is 25.6. The monoisotopic (exact) mass is 1090 g/mol. The number of esters is 1. The number of pyridine rings is 2. The van der Waals surface area contributed by atoms with Gasteiger partial charge in [0.05, 0.1) is 87.9 Å². The maximum absolute atomic E-state index is 15.4. The van der Waals surface area contributed by atoms with Gasteiger partial charge in [0.15, 0.2) is 5.60 Å². The number of nitrogens with zero attached hydrogens (tertiary/aromatic N) is 3. The molecule has 26 heteroatoms. The number of nitrogens with one attached hydrogen (secondary N) is 5. The number of aliphatic hydroxyl groups is 2. The van der Waals surface area contributed by atoms with Gasteiger partial charge in [0.1, 0.15) is 43.4 Å². The molecule has 7 amide bonds. The average molecular weight is 1090 g/mol. The second-order valence-electron chi connectivity index (χ2n) is 19.0. The summed E-state index contributed by atoms with van der Waals surface area (Å²) in [6, 6.07) is -1.87. The Kier molecular flexibility index (Phi) is 19.6. The minimum absolute atomic E-state index is 0.0156. The van der Waals surface area contributed by atoms with Gasteiger partial charge in [-0.15, -0.1) is 0 Å². The number of methoxy groups -OCH3 is 1. The van der Waals surface area contributed by atoms with Crippen LogP contribution in [0.25, 0.3) is 22.3 Å². The molecule has 0 radical (unpaired) electrons. The fourth-order valence-electron chi connectivity index (χ4n) is 9.59. The molecule has 0 spiro atoms. The summed E-state index contributed by atoms with van der Waals surface area (Å²) in [5, 5.41) is 35.7. The van der Waals surface area contributed by atoms with Gasteiger partial charge in [0.25, 0.3) is 17.4 Å². The molecule has 4 aliphatic rings. The van der Waals surface area contributed by atoms with Gasteiger partial charge in [-0.2, -0.15) is 0 Å². The summed E-state index contributed by atoms with van der Waals surface area (Å²) in [6.45, 7) is 6.67. The molecule has 0 bridgehead atoms. The van der Waals surface area contributed by atoms with Crippen LogP contribution in [0, 0.1) is 12.7 Å². The maximum atomic E-state index is 15.4. The molecule has 3 aliphatic heterocycles. The average Bonchev–Trinajstić information content (AvgIpc) is 4.17. The van der Waals surface area contributed by atoms with Crippen molar-refractivity contribution in [3.63, 3.8) is 0 Å². The topological polar surface area (TPSA) is 331 Å². The number of hydrogen-bond acceptors (Lipinski definition) is 18. The number of benzene rings is 1. The number of cyclic esters (lactones) is 1. The molecule has 1 aliphatic carbocycles. The molecule has 422 valence electrons. The summed E-state index contributed by atoms with van der Waals surface area (Å²) < 4.78 is 48.5. The van der Waals surface area contributed by atoms with Crippen LogP contribution in [-0.4, -0.2) is 169 Å². The minimum Gasteiger partial charge on any atom is -0.458 e. The number of hydrogen-bond donors (Lipinski definition) is 7. The summed E-state index contributed by atoms with van der Waals surface area (Å²) in [5.74, 6) is -6.72. The highest BCUT2D eigenvalue weighted by molar-refractivity contribution is 6.15. The normalized spacial score (nSPS) is 18.6. The van der Waals surface area contributed by atoms with E-state index in [2.05, 4.69) is 26.6 Å². The third-order valence-electron chi connectivity index (χ3n) is 14.0. The summed E-state index contributed by atoms with van der Waals surface area (Å²) >= 11 is 0. The van der Waals surface area contributed by atoms with E-state index in [1.54, 1.807) is 27.0 Å². The zero-order valence-corrected chi connectivity index (χ0v) is 44.0. The molecule has 1 aromatic carbocycles. The molecule has 5 heterocycles. The van der Waals surface area contributed by atoms with Gasteiger partial charge >= 0.3 is 5.97 Å². The van der Waals surface area contributed by atoms with Crippen molar-refractivity contribution in [1.29, 1.82) is 0 Å². The highest BCUT2D eigenvalue weighted by atomic mass is 19.1. The van der Waals surface area contributed by atoms with E-state index in [9.17, 15) is 53.4 Å². The Morgan fingerprint density at radius 3 is 2.18 bits per heavy atom. The van der Waals surface area contributed by atoms with Crippen molar-refractivity contribution >= 4 is 58.2 Å². The number of imide groups is 1. The first-order chi connectivity index (χ1) is 37.3. The molecule has 2 aromatic heterocycles. The molecular formula is C52H65FN8O17. The van der Waals surface area contributed by atoms with Crippen molar-refractivity contribution in [3.8, 4) is 11.4 Å². The molecule has 0 fully saturated rings. The van der Waals surface area contributed by atoms with Gasteiger partial charge in [0, 0.05) is 61.2 Å². The number of carbonyl (C=O) groups excluding carboxylic acids is 8. The Hall–Kier alpha value is -7.07. The number of aliphatic hydroxyl groups excluding tert-OH is 1. The van der Waals surface area contributed by atoms with Crippen molar-refractivity contribution in [3.05, 3.63) is 73.8 Å².